The average Bonchev–Trinajstić information content (AvgIpc) is 2.85. The maximum Gasteiger partial charge on any atom is 0.326 e. The zero-order chi connectivity index (χ0) is 17.0. The molecule has 1 saturated heterocycles. The fraction of sp³-hybridized carbons (Fsp3) is 0.556. The molecule has 0 saturated carbocycles. The number of likely N-dealkylation sites (tertiary alicyclic amines) is 1. The molecule has 3 N–H and O–H groups in total. The van der Waals surface area contributed by atoms with Gasteiger partial charge in [0.2, 0.25) is 5.91 Å². The summed E-state index contributed by atoms with van der Waals surface area (Å²) in [6.07, 6.45) is 2.36. The number of hydrogen-bond donors (Lipinski definition) is 2. The summed E-state index contributed by atoms with van der Waals surface area (Å²) < 4.78 is 0. The first-order valence-electron chi connectivity index (χ1n) is 8.26. The van der Waals surface area contributed by atoms with Crippen molar-refractivity contribution in [3.63, 3.8) is 0 Å². The minimum atomic E-state index is -0.956. The molecule has 1 aliphatic heterocycles. The van der Waals surface area contributed by atoms with Gasteiger partial charge in [-0.15, -0.1) is 0 Å². The number of nitrogens with zero attached hydrogens (tertiary/aromatic N) is 1. The predicted molar refractivity (Wildman–Crippen MR) is 88.9 cm³/mol. The summed E-state index contributed by atoms with van der Waals surface area (Å²) in [6, 6.07) is 8.92. The molecule has 126 valence electrons. The first-order valence-corrected chi connectivity index (χ1v) is 8.26. The van der Waals surface area contributed by atoms with Crippen LogP contribution in [0.3, 0.4) is 0 Å². The van der Waals surface area contributed by atoms with Crippen molar-refractivity contribution in [2.75, 3.05) is 6.54 Å². The third kappa shape index (κ3) is 3.55. The maximum atomic E-state index is 12.7. The quantitative estimate of drug-likeness (QED) is 0.806. The molecule has 2 unspecified atom stereocenters. The molecule has 0 radical (unpaired) electrons. The predicted octanol–water partition coefficient (Wildman–Crippen LogP) is 2.05. The van der Waals surface area contributed by atoms with E-state index in [4.69, 9.17) is 5.73 Å². The summed E-state index contributed by atoms with van der Waals surface area (Å²) >= 11 is 0. The van der Waals surface area contributed by atoms with Gasteiger partial charge in [-0.25, -0.2) is 4.79 Å². The van der Waals surface area contributed by atoms with E-state index in [1.54, 1.807) is 0 Å². The molecule has 5 nitrogen and oxygen atoms in total. The molecular weight excluding hydrogens is 292 g/mol. The normalized spacial score (nSPS) is 23.8. The van der Waals surface area contributed by atoms with Crippen LogP contribution in [0.25, 0.3) is 0 Å². The van der Waals surface area contributed by atoms with Crippen LogP contribution < -0.4 is 5.73 Å². The van der Waals surface area contributed by atoms with E-state index in [0.29, 0.717) is 25.8 Å². The van der Waals surface area contributed by atoms with Gasteiger partial charge in [0.25, 0.3) is 0 Å². The lowest BCUT2D eigenvalue weighted by atomic mass is 9.83. The first-order chi connectivity index (χ1) is 10.9. The van der Waals surface area contributed by atoms with Crippen LogP contribution in [0.2, 0.25) is 0 Å². The van der Waals surface area contributed by atoms with Gasteiger partial charge in [0.05, 0.1) is 5.54 Å². The van der Waals surface area contributed by atoms with Crippen LogP contribution in [0.15, 0.2) is 30.3 Å². The van der Waals surface area contributed by atoms with Crippen molar-refractivity contribution in [2.45, 2.75) is 51.1 Å². The van der Waals surface area contributed by atoms with Gasteiger partial charge in [0, 0.05) is 6.54 Å². The van der Waals surface area contributed by atoms with E-state index in [1.165, 1.54) is 4.90 Å². The Morgan fingerprint density at radius 3 is 2.61 bits per heavy atom. The number of carboxylic acids is 1. The van der Waals surface area contributed by atoms with E-state index < -0.39 is 17.6 Å². The van der Waals surface area contributed by atoms with E-state index in [1.807, 2.05) is 44.2 Å². The second kappa shape index (κ2) is 7.13. The van der Waals surface area contributed by atoms with E-state index in [-0.39, 0.29) is 11.8 Å². The summed E-state index contributed by atoms with van der Waals surface area (Å²) in [6.45, 7) is 4.38. The minimum Gasteiger partial charge on any atom is -0.480 e. The Bertz CT molecular complexity index is 561. The van der Waals surface area contributed by atoms with Gasteiger partial charge in [-0.2, -0.15) is 0 Å². The van der Waals surface area contributed by atoms with Crippen LogP contribution in [-0.4, -0.2) is 40.0 Å². The number of carbonyl (C=O) groups is 2. The van der Waals surface area contributed by atoms with Crippen molar-refractivity contribution in [1.82, 2.24) is 4.90 Å². The Hall–Kier alpha value is -1.88. The van der Waals surface area contributed by atoms with Gasteiger partial charge in [0.1, 0.15) is 6.04 Å². The van der Waals surface area contributed by atoms with Crippen molar-refractivity contribution < 1.29 is 14.7 Å². The zero-order valence-electron chi connectivity index (χ0n) is 13.9. The number of nitrogens with two attached hydrogens (primary N) is 1. The Morgan fingerprint density at radius 2 is 2.04 bits per heavy atom. The van der Waals surface area contributed by atoms with Crippen LogP contribution in [0.4, 0.5) is 0 Å². The topological polar surface area (TPSA) is 83.6 Å². The van der Waals surface area contributed by atoms with Crippen molar-refractivity contribution in [3.8, 4) is 0 Å². The summed E-state index contributed by atoms with van der Waals surface area (Å²) in [4.78, 5) is 25.9. The van der Waals surface area contributed by atoms with E-state index >= 15 is 0 Å². The monoisotopic (exact) mass is 318 g/mol. The molecule has 0 spiro atoms. The van der Waals surface area contributed by atoms with Gasteiger partial charge < -0.3 is 15.7 Å². The summed E-state index contributed by atoms with van der Waals surface area (Å²) in [5, 5.41) is 9.56. The van der Waals surface area contributed by atoms with Crippen molar-refractivity contribution in [1.29, 1.82) is 0 Å². The number of carbonyl (C=O) groups excluding carboxylic acids is 1. The van der Waals surface area contributed by atoms with Gasteiger partial charge in [-0.3, -0.25) is 4.79 Å². The van der Waals surface area contributed by atoms with Crippen LogP contribution in [0, 0.1) is 5.92 Å². The number of aliphatic carboxylic acids is 1. The summed E-state index contributed by atoms with van der Waals surface area (Å²) in [7, 11) is 0. The summed E-state index contributed by atoms with van der Waals surface area (Å²) in [5.41, 5.74) is 6.46. The SMILES string of the molecule is CC[C@@H](C)C1(N)CCN(C(CCc2ccccc2)C(=O)O)C1=O. The molecule has 0 aromatic heterocycles. The number of aryl methyl sites for hydroxylation is 1. The second-order valence-electron chi connectivity index (χ2n) is 6.48. The smallest absolute Gasteiger partial charge is 0.326 e. The molecule has 1 aromatic carbocycles. The lowest BCUT2D eigenvalue weighted by molar-refractivity contribution is -0.150. The van der Waals surface area contributed by atoms with E-state index in [9.17, 15) is 14.7 Å². The molecule has 1 amide bonds. The molecule has 2 rings (SSSR count). The Balaban J connectivity index is 2.10. The second-order valence-corrected chi connectivity index (χ2v) is 6.48. The van der Waals surface area contributed by atoms with Gasteiger partial charge >= 0.3 is 5.97 Å². The number of hydrogen-bond acceptors (Lipinski definition) is 3. The molecular formula is C18H26N2O3. The molecule has 1 heterocycles. The fourth-order valence-corrected chi connectivity index (χ4v) is 3.26. The lowest BCUT2D eigenvalue weighted by Gasteiger charge is -2.31. The van der Waals surface area contributed by atoms with Crippen molar-refractivity contribution in [3.05, 3.63) is 35.9 Å². The van der Waals surface area contributed by atoms with Crippen LogP contribution in [-0.2, 0) is 16.0 Å². The molecule has 3 atom stereocenters. The molecule has 1 aliphatic rings. The molecule has 0 aliphatic carbocycles. The molecule has 0 bridgehead atoms. The number of amides is 1. The molecule has 1 aromatic rings. The highest BCUT2D eigenvalue weighted by molar-refractivity contribution is 5.92. The summed E-state index contributed by atoms with van der Waals surface area (Å²) in [5.74, 6) is -1.13. The standard InChI is InChI=1S/C18H26N2O3/c1-3-13(2)18(19)11-12-20(17(18)23)15(16(21)22)10-9-14-7-5-4-6-8-14/h4-8,13,15H,3,9-12,19H2,1-2H3,(H,21,22)/t13-,15?,18?/m1/s1. The van der Waals surface area contributed by atoms with E-state index in [2.05, 4.69) is 0 Å². The highest BCUT2D eigenvalue weighted by Crippen LogP contribution is 2.32. The third-order valence-corrected chi connectivity index (χ3v) is 5.13. The first kappa shape index (κ1) is 17.5. The number of carboxylic acid groups (broad SMARTS) is 1. The average molecular weight is 318 g/mol. The third-order valence-electron chi connectivity index (χ3n) is 5.13. The Labute approximate surface area is 137 Å². The zero-order valence-corrected chi connectivity index (χ0v) is 13.9. The molecule has 1 fully saturated rings. The number of rotatable bonds is 7. The van der Waals surface area contributed by atoms with Crippen LogP contribution in [0.1, 0.15) is 38.7 Å². The Kier molecular flexibility index (Phi) is 5.42. The fourth-order valence-electron chi connectivity index (χ4n) is 3.26. The van der Waals surface area contributed by atoms with Crippen LogP contribution in [0.5, 0.6) is 0 Å². The van der Waals surface area contributed by atoms with Gasteiger partial charge in [-0.1, -0.05) is 50.6 Å². The molecule has 5 heteroatoms. The Morgan fingerprint density at radius 1 is 1.39 bits per heavy atom. The van der Waals surface area contributed by atoms with E-state index in [0.717, 1.165) is 12.0 Å². The van der Waals surface area contributed by atoms with Gasteiger partial charge in [0.15, 0.2) is 0 Å². The van der Waals surface area contributed by atoms with Gasteiger partial charge in [-0.05, 0) is 30.7 Å². The van der Waals surface area contributed by atoms with Crippen molar-refractivity contribution in [2.24, 2.45) is 11.7 Å². The number of benzene rings is 1. The minimum absolute atomic E-state index is 0.0450. The lowest BCUT2D eigenvalue weighted by Crippen LogP contribution is -2.55. The maximum absolute atomic E-state index is 12.7. The highest BCUT2D eigenvalue weighted by atomic mass is 16.4. The highest BCUT2D eigenvalue weighted by Gasteiger charge is 2.49. The van der Waals surface area contributed by atoms with Crippen molar-refractivity contribution >= 4 is 11.9 Å². The largest absolute Gasteiger partial charge is 0.480 e. The molecule has 23 heavy (non-hydrogen) atoms. The van der Waals surface area contributed by atoms with Crippen LogP contribution >= 0.6 is 0 Å².